The second-order valence-corrected chi connectivity index (χ2v) is 6.80. The van der Waals surface area contributed by atoms with Crippen molar-refractivity contribution in [3.63, 3.8) is 0 Å². The van der Waals surface area contributed by atoms with Gasteiger partial charge in [0.2, 0.25) is 0 Å². The molecule has 1 aliphatic heterocycles. The number of Topliss-reactive ketones (excluding diaryl/α,β-unsaturated/α-hetero) is 1. The number of unbranched alkanes of at least 4 members (excludes halogenated alkanes) is 1. The maximum atomic E-state index is 14.2. The maximum absolute atomic E-state index is 14.2. The molecule has 3 amide bonds. The first kappa shape index (κ1) is 21.2. The molecule has 9 heteroatoms. The van der Waals surface area contributed by atoms with Crippen LogP contribution in [0.2, 0.25) is 0 Å². The highest BCUT2D eigenvalue weighted by Gasteiger charge is 2.35. The number of carbonyl (C=O) groups excluding carboxylic acids is 4. The van der Waals surface area contributed by atoms with E-state index in [2.05, 4.69) is 0 Å². The molecule has 0 bridgehead atoms. The first-order chi connectivity index (χ1) is 14.2. The molecule has 0 fully saturated rings. The van der Waals surface area contributed by atoms with Gasteiger partial charge in [0.1, 0.15) is 5.69 Å². The van der Waals surface area contributed by atoms with E-state index in [9.17, 15) is 32.3 Å². The Morgan fingerprint density at radius 3 is 2.30 bits per heavy atom. The van der Waals surface area contributed by atoms with E-state index in [1.165, 1.54) is 12.1 Å². The molecule has 156 valence electrons. The van der Waals surface area contributed by atoms with Gasteiger partial charge in [0, 0.05) is 12.1 Å². The lowest BCUT2D eigenvalue weighted by Gasteiger charge is -2.12. The van der Waals surface area contributed by atoms with Crippen LogP contribution in [0.25, 0.3) is 0 Å². The van der Waals surface area contributed by atoms with Gasteiger partial charge in [-0.25, -0.2) is 13.2 Å². The lowest BCUT2D eigenvalue weighted by Crippen LogP contribution is -2.30. The first-order valence-electron chi connectivity index (χ1n) is 9.17. The number of halogens is 3. The van der Waals surface area contributed by atoms with E-state index >= 15 is 0 Å². The Bertz CT molecular complexity index is 1100. The van der Waals surface area contributed by atoms with E-state index in [0.29, 0.717) is 12.5 Å². The predicted octanol–water partition coefficient (Wildman–Crippen LogP) is 3.95. The Morgan fingerprint density at radius 2 is 1.67 bits per heavy atom. The van der Waals surface area contributed by atoms with Gasteiger partial charge >= 0.3 is 0 Å². The van der Waals surface area contributed by atoms with E-state index in [0.717, 1.165) is 24.3 Å². The quantitative estimate of drug-likeness (QED) is 0.437. The van der Waals surface area contributed by atoms with Crippen molar-refractivity contribution < 1.29 is 32.3 Å². The SMILES string of the molecule is CCCCN1C(=O)c2ccc(C(=O)Nc3c(F)cc(C(C)=O)c(F)c3F)cc2C1=O. The predicted molar refractivity (Wildman–Crippen MR) is 101 cm³/mol. The second kappa shape index (κ2) is 8.10. The van der Waals surface area contributed by atoms with Crippen LogP contribution in [-0.4, -0.2) is 34.9 Å². The number of amides is 3. The number of carbonyl (C=O) groups is 4. The van der Waals surface area contributed by atoms with Crippen molar-refractivity contribution in [2.24, 2.45) is 0 Å². The molecule has 0 saturated carbocycles. The third-order valence-corrected chi connectivity index (χ3v) is 4.74. The summed E-state index contributed by atoms with van der Waals surface area (Å²) in [4.78, 5) is 49.6. The number of nitrogens with zero attached hydrogens (tertiary/aromatic N) is 1. The van der Waals surface area contributed by atoms with Crippen LogP contribution in [0.15, 0.2) is 24.3 Å². The van der Waals surface area contributed by atoms with Crippen LogP contribution in [0.4, 0.5) is 18.9 Å². The van der Waals surface area contributed by atoms with Crippen molar-refractivity contribution in [3.05, 3.63) is 64.0 Å². The monoisotopic (exact) mass is 418 g/mol. The third kappa shape index (κ3) is 3.58. The average molecular weight is 418 g/mol. The van der Waals surface area contributed by atoms with Crippen molar-refractivity contribution >= 4 is 29.2 Å². The lowest BCUT2D eigenvalue weighted by atomic mass is 10.0. The van der Waals surface area contributed by atoms with Crippen LogP contribution in [0, 0.1) is 17.5 Å². The minimum atomic E-state index is -1.72. The summed E-state index contributed by atoms with van der Waals surface area (Å²) in [6.45, 7) is 3.09. The maximum Gasteiger partial charge on any atom is 0.261 e. The highest BCUT2D eigenvalue weighted by Crippen LogP contribution is 2.27. The molecule has 6 nitrogen and oxygen atoms in total. The highest BCUT2D eigenvalue weighted by atomic mass is 19.2. The van der Waals surface area contributed by atoms with Crippen LogP contribution < -0.4 is 5.32 Å². The summed E-state index contributed by atoms with van der Waals surface area (Å²) in [5.41, 5.74) is -1.86. The molecule has 0 aliphatic carbocycles. The standard InChI is InChI=1S/C21H17F3N2O4/c1-3-4-7-26-20(29)12-6-5-11(8-14(12)21(26)30)19(28)25-18-15(22)9-13(10(2)27)16(23)17(18)24/h5-6,8-9H,3-4,7H2,1-2H3,(H,25,28). The number of imide groups is 1. The zero-order valence-electron chi connectivity index (χ0n) is 16.1. The molecule has 3 rings (SSSR count). The van der Waals surface area contributed by atoms with Gasteiger partial charge in [-0.15, -0.1) is 0 Å². The van der Waals surface area contributed by atoms with Crippen molar-refractivity contribution in [1.29, 1.82) is 0 Å². The summed E-state index contributed by atoms with van der Waals surface area (Å²) in [7, 11) is 0. The second-order valence-electron chi connectivity index (χ2n) is 6.80. The minimum Gasteiger partial charge on any atom is -0.317 e. The van der Waals surface area contributed by atoms with Crippen LogP contribution in [-0.2, 0) is 0 Å². The van der Waals surface area contributed by atoms with Crippen LogP contribution in [0.3, 0.4) is 0 Å². The lowest BCUT2D eigenvalue weighted by molar-refractivity contribution is 0.0651. The topological polar surface area (TPSA) is 83.6 Å². The molecule has 0 saturated heterocycles. The Kier molecular flexibility index (Phi) is 5.73. The number of benzene rings is 2. The smallest absolute Gasteiger partial charge is 0.261 e. The number of hydrogen-bond acceptors (Lipinski definition) is 4. The average Bonchev–Trinajstić information content (AvgIpc) is 2.95. The molecule has 2 aromatic carbocycles. The van der Waals surface area contributed by atoms with Gasteiger partial charge in [-0.3, -0.25) is 24.1 Å². The Labute approximate surface area is 169 Å². The van der Waals surface area contributed by atoms with E-state index in [4.69, 9.17) is 0 Å². The van der Waals surface area contributed by atoms with Crippen molar-refractivity contribution in [2.45, 2.75) is 26.7 Å². The number of rotatable bonds is 6. The van der Waals surface area contributed by atoms with E-state index in [1.807, 2.05) is 12.2 Å². The minimum absolute atomic E-state index is 0.00260. The summed E-state index contributed by atoms with van der Waals surface area (Å²) >= 11 is 0. The Morgan fingerprint density at radius 1 is 1.00 bits per heavy atom. The van der Waals surface area contributed by atoms with Gasteiger partial charge in [-0.05, 0) is 37.6 Å². The third-order valence-electron chi connectivity index (χ3n) is 4.74. The van der Waals surface area contributed by atoms with Gasteiger partial charge in [-0.2, -0.15) is 0 Å². The zero-order valence-corrected chi connectivity index (χ0v) is 16.1. The van der Waals surface area contributed by atoms with Gasteiger partial charge in [-0.1, -0.05) is 13.3 Å². The summed E-state index contributed by atoms with van der Waals surface area (Å²) < 4.78 is 42.3. The van der Waals surface area contributed by atoms with Gasteiger partial charge in [0.25, 0.3) is 17.7 Å². The van der Waals surface area contributed by atoms with Crippen molar-refractivity contribution in [3.8, 4) is 0 Å². The van der Waals surface area contributed by atoms with Crippen LogP contribution in [0.5, 0.6) is 0 Å². The van der Waals surface area contributed by atoms with Gasteiger partial charge < -0.3 is 5.32 Å². The molecule has 30 heavy (non-hydrogen) atoms. The molecule has 1 heterocycles. The summed E-state index contributed by atoms with van der Waals surface area (Å²) in [6.07, 6.45) is 1.40. The molecular formula is C21H17F3N2O4. The molecule has 1 aliphatic rings. The van der Waals surface area contributed by atoms with Crippen molar-refractivity contribution in [2.75, 3.05) is 11.9 Å². The normalized spacial score (nSPS) is 12.9. The first-order valence-corrected chi connectivity index (χ1v) is 9.17. The number of fused-ring (bicyclic) bond motifs is 1. The number of nitrogens with one attached hydrogen (secondary N) is 1. The fourth-order valence-corrected chi connectivity index (χ4v) is 3.10. The number of anilines is 1. The summed E-state index contributed by atoms with van der Waals surface area (Å²) in [5.74, 6) is -7.56. The van der Waals surface area contributed by atoms with Crippen molar-refractivity contribution in [1.82, 2.24) is 4.90 Å². The fraction of sp³-hybridized carbons (Fsp3) is 0.238. The molecule has 0 atom stereocenters. The molecule has 1 N–H and O–H groups in total. The molecule has 0 aromatic heterocycles. The zero-order chi connectivity index (χ0) is 22.2. The van der Waals surface area contributed by atoms with E-state index in [1.54, 1.807) is 0 Å². The Hall–Kier alpha value is -3.49. The number of ketones is 1. The number of hydrogen-bond donors (Lipinski definition) is 1. The Balaban J connectivity index is 1.90. The molecule has 0 spiro atoms. The molecule has 0 radical (unpaired) electrons. The van der Waals surface area contributed by atoms with Crippen LogP contribution in [0.1, 0.15) is 68.1 Å². The summed E-state index contributed by atoms with van der Waals surface area (Å²) in [6, 6.07) is 4.14. The fourth-order valence-electron chi connectivity index (χ4n) is 3.10. The van der Waals surface area contributed by atoms with Gasteiger partial charge in [0.15, 0.2) is 23.2 Å². The molecule has 2 aromatic rings. The van der Waals surface area contributed by atoms with E-state index < -0.39 is 52.2 Å². The summed E-state index contributed by atoms with van der Waals surface area (Å²) in [5, 5.41) is 1.91. The van der Waals surface area contributed by atoms with E-state index in [-0.39, 0.29) is 23.2 Å². The highest BCUT2D eigenvalue weighted by molar-refractivity contribution is 6.22. The van der Waals surface area contributed by atoms with Crippen LogP contribution >= 0.6 is 0 Å². The van der Waals surface area contributed by atoms with Gasteiger partial charge in [0.05, 0.1) is 16.7 Å². The molecular weight excluding hydrogens is 401 g/mol. The molecule has 0 unspecified atom stereocenters. The largest absolute Gasteiger partial charge is 0.317 e.